The lowest BCUT2D eigenvalue weighted by molar-refractivity contribution is -0.141. The lowest BCUT2D eigenvalue weighted by Gasteiger charge is -2.30. The second-order valence-electron chi connectivity index (χ2n) is 5.71. The number of carbonyl (C=O) groups is 2. The summed E-state index contributed by atoms with van der Waals surface area (Å²) in [5.41, 5.74) is 0. The highest BCUT2D eigenvalue weighted by Gasteiger charge is 2.24. The third kappa shape index (κ3) is 5.39. The monoisotopic (exact) mass is 284 g/mol. The first-order valence-corrected chi connectivity index (χ1v) is 7.85. The summed E-state index contributed by atoms with van der Waals surface area (Å²) in [5, 5.41) is 14.6. The molecule has 5 heteroatoms. The number of rotatable bonds is 7. The topological polar surface area (TPSA) is 78.4 Å². The molecule has 1 aliphatic carbocycles. The normalized spacial score (nSPS) is 19.1. The Morgan fingerprint density at radius 1 is 1.15 bits per heavy atom. The van der Waals surface area contributed by atoms with Crippen LogP contribution < -0.4 is 10.6 Å². The minimum Gasteiger partial charge on any atom is -0.481 e. The van der Waals surface area contributed by atoms with Crippen LogP contribution in [0.4, 0.5) is 4.79 Å². The van der Waals surface area contributed by atoms with Crippen LogP contribution in [0.2, 0.25) is 0 Å². The number of hydrogen-bond donors (Lipinski definition) is 3. The van der Waals surface area contributed by atoms with Gasteiger partial charge in [-0.1, -0.05) is 33.1 Å². The number of hydrogen-bond acceptors (Lipinski definition) is 2. The molecule has 2 amide bonds. The highest BCUT2D eigenvalue weighted by molar-refractivity contribution is 5.76. The number of urea groups is 1. The Labute approximate surface area is 121 Å². The van der Waals surface area contributed by atoms with E-state index in [2.05, 4.69) is 17.6 Å². The molecule has 0 radical (unpaired) electrons. The zero-order valence-electron chi connectivity index (χ0n) is 12.7. The van der Waals surface area contributed by atoms with Gasteiger partial charge in [-0.15, -0.1) is 0 Å². The van der Waals surface area contributed by atoms with Gasteiger partial charge >= 0.3 is 12.0 Å². The Morgan fingerprint density at radius 2 is 1.80 bits per heavy atom. The molecule has 0 aromatic heterocycles. The standard InChI is InChI=1S/C15H28N2O3/c1-3-11(14(18)19)10-16-15(20)17-13(4-2)12-8-6-5-7-9-12/h11-13H,3-10H2,1-2H3,(H,18,19)(H2,16,17,20). The molecule has 1 saturated carbocycles. The third-order valence-electron chi connectivity index (χ3n) is 4.33. The first kappa shape index (κ1) is 16.8. The van der Waals surface area contributed by atoms with E-state index in [4.69, 9.17) is 5.11 Å². The van der Waals surface area contributed by atoms with Crippen molar-refractivity contribution >= 4 is 12.0 Å². The minimum atomic E-state index is -0.855. The van der Waals surface area contributed by atoms with Crippen LogP contribution in [0.1, 0.15) is 58.8 Å². The largest absolute Gasteiger partial charge is 0.481 e. The van der Waals surface area contributed by atoms with E-state index in [1.807, 2.05) is 6.92 Å². The maximum Gasteiger partial charge on any atom is 0.315 e. The molecule has 0 bridgehead atoms. The van der Waals surface area contributed by atoms with E-state index in [9.17, 15) is 9.59 Å². The van der Waals surface area contributed by atoms with Crippen molar-refractivity contribution < 1.29 is 14.7 Å². The van der Waals surface area contributed by atoms with Gasteiger partial charge in [-0.3, -0.25) is 4.79 Å². The van der Waals surface area contributed by atoms with E-state index in [1.54, 1.807) is 0 Å². The second kappa shape index (κ2) is 8.82. The van der Waals surface area contributed by atoms with Crippen molar-refractivity contribution in [3.63, 3.8) is 0 Å². The Bertz CT molecular complexity index is 314. The van der Waals surface area contributed by atoms with Gasteiger partial charge in [-0.05, 0) is 31.6 Å². The molecule has 1 fully saturated rings. The number of carboxylic acid groups (broad SMARTS) is 1. The smallest absolute Gasteiger partial charge is 0.315 e. The van der Waals surface area contributed by atoms with Gasteiger partial charge in [0.1, 0.15) is 0 Å². The maximum atomic E-state index is 11.9. The molecule has 20 heavy (non-hydrogen) atoms. The number of aliphatic carboxylic acids is 1. The molecular formula is C15H28N2O3. The van der Waals surface area contributed by atoms with Crippen LogP contribution in [-0.2, 0) is 4.79 Å². The van der Waals surface area contributed by atoms with Crippen LogP contribution in [-0.4, -0.2) is 29.7 Å². The molecule has 0 saturated heterocycles. The average Bonchev–Trinajstić information content (AvgIpc) is 2.46. The summed E-state index contributed by atoms with van der Waals surface area (Å²) in [6.07, 6.45) is 7.62. The van der Waals surface area contributed by atoms with Crippen molar-refractivity contribution in [2.75, 3.05) is 6.54 Å². The molecule has 0 aliphatic heterocycles. The Balaban J connectivity index is 2.36. The quantitative estimate of drug-likeness (QED) is 0.672. The molecule has 116 valence electrons. The molecule has 1 rings (SSSR count). The SMILES string of the molecule is CCC(CNC(=O)NC(CC)C1CCCCC1)C(=O)O. The van der Waals surface area contributed by atoms with Crippen LogP contribution in [0.25, 0.3) is 0 Å². The van der Waals surface area contributed by atoms with Crippen LogP contribution >= 0.6 is 0 Å². The summed E-state index contributed by atoms with van der Waals surface area (Å²) in [5.74, 6) is -0.788. The molecule has 2 unspecified atom stereocenters. The molecule has 0 heterocycles. The van der Waals surface area contributed by atoms with Crippen LogP contribution in [0.5, 0.6) is 0 Å². The third-order valence-corrected chi connectivity index (χ3v) is 4.33. The van der Waals surface area contributed by atoms with E-state index < -0.39 is 11.9 Å². The average molecular weight is 284 g/mol. The molecule has 0 aromatic rings. The van der Waals surface area contributed by atoms with Gasteiger partial charge in [0.15, 0.2) is 0 Å². The first-order chi connectivity index (χ1) is 9.58. The van der Waals surface area contributed by atoms with Crippen molar-refractivity contribution in [1.82, 2.24) is 10.6 Å². The summed E-state index contributed by atoms with van der Waals surface area (Å²) in [4.78, 5) is 22.8. The van der Waals surface area contributed by atoms with E-state index in [-0.39, 0.29) is 18.6 Å². The fourth-order valence-corrected chi connectivity index (χ4v) is 2.93. The van der Waals surface area contributed by atoms with Gasteiger partial charge in [0.25, 0.3) is 0 Å². The summed E-state index contributed by atoms with van der Waals surface area (Å²) in [7, 11) is 0. The maximum absolute atomic E-state index is 11.9. The van der Waals surface area contributed by atoms with Crippen molar-refractivity contribution in [2.45, 2.75) is 64.8 Å². The van der Waals surface area contributed by atoms with Crippen molar-refractivity contribution in [1.29, 1.82) is 0 Å². The minimum absolute atomic E-state index is 0.193. The van der Waals surface area contributed by atoms with Gasteiger partial charge < -0.3 is 15.7 Å². The highest BCUT2D eigenvalue weighted by atomic mass is 16.4. The highest BCUT2D eigenvalue weighted by Crippen LogP contribution is 2.27. The van der Waals surface area contributed by atoms with E-state index >= 15 is 0 Å². The lowest BCUT2D eigenvalue weighted by atomic mass is 9.83. The van der Waals surface area contributed by atoms with E-state index in [0.717, 1.165) is 6.42 Å². The number of carboxylic acids is 1. The Hall–Kier alpha value is -1.26. The summed E-state index contributed by atoms with van der Waals surface area (Å²) < 4.78 is 0. The molecule has 0 spiro atoms. The van der Waals surface area contributed by atoms with Gasteiger partial charge in [0.05, 0.1) is 5.92 Å². The summed E-state index contributed by atoms with van der Waals surface area (Å²) in [6.45, 7) is 4.10. The molecule has 0 aromatic carbocycles. The predicted molar refractivity (Wildman–Crippen MR) is 78.6 cm³/mol. The predicted octanol–water partition coefficient (Wildman–Crippen LogP) is 2.76. The Kier molecular flexibility index (Phi) is 7.41. The number of nitrogens with one attached hydrogen (secondary N) is 2. The van der Waals surface area contributed by atoms with Gasteiger partial charge in [-0.25, -0.2) is 4.79 Å². The van der Waals surface area contributed by atoms with Crippen molar-refractivity contribution in [3.05, 3.63) is 0 Å². The fraction of sp³-hybridized carbons (Fsp3) is 0.867. The first-order valence-electron chi connectivity index (χ1n) is 7.85. The van der Waals surface area contributed by atoms with Gasteiger partial charge in [0.2, 0.25) is 0 Å². The van der Waals surface area contributed by atoms with Crippen LogP contribution in [0, 0.1) is 11.8 Å². The van der Waals surface area contributed by atoms with Crippen molar-refractivity contribution in [3.8, 4) is 0 Å². The second-order valence-corrected chi connectivity index (χ2v) is 5.71. The fourth-order valence-electron chi connectivity index (χ4n) is 2.93. The summed E-state index contributed by atoms with van der Waals surface area (Å²) >= 11 is 0. The molecular weight excluding hydrogens is 256 g/mol. The molecule has 2 atom stereocenters. The van der Waals surface area contributed by atoms with Crippen LogP contribution in [0.15, 0.2) is 0 Å². The van der Waals surface area contributed by atoms with Crippen LogP contribution in [0.3, 0.4) is 0 Å². The lowest BCUT2D eigenvalue weighted by Crippen LogP contribution is -2.47. The van der Waals surface area contributed by atoms with Gasteiger partial charge in [0, 0.05) is 12.6 Å². The number of amides is 2. The molecule has 1 aliphatic rings. The Morgan fingerprint density at radius 3 is 2.30 bits per heavy atom. The molecule has 3 N–H and O–H groups in total. The van der Waals surface area contributed by atoms with Gasteiger partial charge in [-0.2, -0.15) is 0 Å². The number of carbonyl (C=O) groups excluding carboxylic acids is 1. The van der Waals surface area contributed by atoms with Crippen molar-refractivity contribution in [2.24, 2.45) is 11.8 Å². The zero-order chi connectivity index (χ0) is 15.0. The summed E-state index contributed by atoms with van der Waals surface area (Å²) in [6, 6.07) is -0.0256. The zero-order valence-corrected chi connectivity index (χ0v) is 12.7. The van der Waals surface area contributed by atoms with E-state index in [1.165, 1.54) is 32.1 Å². The van der Waals surface area contributed by atoms with E-state index in [0.29, 0.717) is 12.3 Å². The molecule has 5 nitrogen and oxygen atoms in total.